The number of hydrogen-bond acceptors (Lipinski definition) is 9. The molecule has 0 amide bonds. The highest BCUT2D eigenvalue weighted by Crippen LogP contribution is 2.33. The molecule has 184 valence electrons. The molecule has 0 saturated carbocycles. The molecule has 0 spiro atoms. The Kier molecular flexibility index (Phi) is 8.15. The van der Waals surface area contributed by atoms with Crippen molar-refractivity contribution >= 4 is 18.1 Å². The maximum Gasteiger partial charge on any atom is 0.514 e. The average molecular weight is 475 g/mol. The molecule has 34 heavy (non-hydrogen) atoms. The summed E-state index contributed by atoms with van der Waals surface area (Å²) in [6.45, 7) is 10.1. The first-order valence-corrected chi connectivity index (χ1v) is 10.4. The third kappa shape index (κ3) is 7.68. The van der Waals surface area contributed by atoms with Crippen LogP contribution in [0.25, 0.3) is 0 Å². The number of carbonyl (C=O) groups is 3. The third-order valence-corrected chi connectivity index (χ3v) is 4.03. The summed E-state index contributed by atoms with van der Waals surface area (Å²) in [5.41, 5.74) is -1.56. The van der Waals surface area contributed by atoms with Crippen molar-refractivity contribution in [3.05, 3.63) is 47.5 Å². The van der Waals surface area contributed by atoms with Crippen molar-refractivity contribution < 1.29 is 42.8 Å². The highest BCUT2D eigenvalue weighted by molar-refractivity contribution is 6.13. The fourth-order valence-corrected chi connectivity index (χ4v) is 2.67. The molecular formula is C25H30O9. The maximum atomic E-state index is 13.5. The lowest BCUT2D eigenvalue weighted by Gasteiger charge is -2.20. The van der Waals surface area contributed by atoms with E-state index in [1.54, 1.807) is 41.5 Å². The first-order valence-electron chi connectivity index (χ1n) is 10.4. The van der Waals surface area contributed by atoms with Gasteiger partial charge in [0.15, 0.2) is 0 Å². The van der Waals surface area contributed by atoms with E-state index in [-0.39, 0.29) is 22.6 Å². The topological polar surface area (TPSA) is 107 Å². The lowest BCUT2D eigenvalue weighted by Crippen LogP contribution is -2.27. The molecule has 0 bridgehead atoms. The average Bonchev–Trinajstić information content (AvgIpc) is 2.70. The molecule has 9 heteroatoms. The van der Waals surface area contributed by atoms with Crippen LogP contribution in [0.4, 0.5) is 9.59 Å². The van der Waals surface area contributed by atoms with Gasteiger partial charge in [-0.15, -0.1) is 0 Å². The second-order valence-electron chi connectivity index (χ2n) is 9.19. The van der Waals surface area contributed by atoms with Crippen LogP contribution in [0.3, 0.4) is 0 Å². The Hall–Kier alpha value is -3.75. The smallest absolute Gasteiger partial charge is 0.497 e. The van der Waals surface area contributed by atoms with E-state index >= 15 is 0 Å². The van der Waals surface area contributed by atoms with Gasteiger partial charge in [-0.25, -0.2) is 9.59 Å². The second-order valence-corrected chi connectivity index (χ2v) is 9.19. The summed E-state index contributed by atoms with van der Waals surface area (Å²) in [6.07, 6.45) is -1.98. The molecule has 0 aliphatic carbocycles. The SMILES string of the molecule is COc1ccc(C(=O)c2ccc(OC)cc2OC(=O)OC(C)(C)C)c(OC(=O)OC(C)(C)C)c1. The molecule has 0 aromatic heterocycles. The minimum absolute atomic E-state index is 0.0193. The van der Waals surface area contributed by atoms with Gasteiger partial charge in [0, 0.05) is 12.1 Å². The largest absolute Gasteiger partial charge is 0.514 e. The van der Waals surface area contributed by atoms with Crippen molar-refractivity contribution in [3.8, 4) is 23.0 Å². The summed E-state index contributed by atoms with van der Waals surface area (Å²) in [5, 5.41) is 0. The van der Waals surface area contributed by atoms with E-state index in [2.05, 4.69) is 0 Å². The molecule has 0 N–H and O–H groups in total. The fourth-order valence-electron chi connectivity index (χ4n) is 2.67. The van der Waals surface area contributed by atoms with Gasteiger partial charge in [-0.1, -0.05) is 0 Å². The van der Waals surface area contributed by atoms with Crippen LogP contribution in [-0.2, 0) is 9.47 Å². The number of ether oxygens (including phenoxy) is 6. The van der Waals surface area contributed by atoms with E-state index in [9.17, 15) is 14.4 Å². The Morgan fingerprint density at radius 1 is 0.618 bits per heavy atom. The summed E-state index contributed by atoms with van der Waals surface area (Å²) in [4.78, 5) is 38.0. The molecule has 9 nitrogen and oxygen atoms in total. The zero-order chi connectivity index (χ0) is 25.7. The number of methoxy groups -OCH3 is 2. The predicted molar refractivity (Wildman–Crippen MR) is 123 cm³/mol. The second kappa shape index (κ2) is 10.5. The molecule has 2 rings (SSSR count). The van der Waals surface area contributed by atoms with Crippen LogP contribution in [0.15, 0.2) is 36.4 Å². The molecule has 0 radical (unpaired) electrons. The van der Waals surface area contributed by atoms with E-state index in [1.165, 1.54) is 50.6 Å². The first-order chi connectivity index (χ1) is 15.7. The van der Waals surface area contributed by atoms with Crippen LogP contribution in [-0.4, -0.2) is 43.5 Å². The normalized spacial score (nSPS) is 11.3. The fraction of sp³-hybridized carbons (Fsp3) is 0.400. The summed E-state index contributed by atoms with van der Waals surface area (Å²) < 4.78 is 31.4. The van der Waals surface area contributed by atoms with Crippen LogP contribution >= 0.6 is 0 Å². The van der Waals surface area contributed by atoms with Gasteiger partial charge >= 0.3 is 12.3 Å². The van der Waals surface area contributed by atoms with Crippen LogP contribution in [0, 0.1) is 0 Å². The Bertz CT molecular complexity index is 976. The van der Waals surface area contributed by atoms with E-state index < -0.39 is 29.3 Å². The minimum Gasteiger partial charge on any atom is -0.497 e. The molecule has 2 aromatic rings. The van der Waals surface area contributed by atoms with E-state index in [0.29, 0.717) is 11.5 Å². The van der Waals surface area contributed by atoms with Crippen molar-refractivity contribution in [2.24, 2.45) is 0 Å². The van der Waals surface area contributed by atoms with E-state index in [4.69, 9.17) is 28.4 Å². The molecule has 0 atom stereocenters. The first kappa shape index (κ1) is 26.5. The summed E-state index contributed by atoms with van der Waals surface area (Å²) in [5.74, 6) is -0.0390. The molecule has 0 heterocycles. The van der Waals surface area contributed by atoms with Gasteiger partial charge < -0.3 is 28.4 Å². The number of hydrogen-bond donors (Lipinski definition) is 0. The Morgan fingerprint density at radius 3 is 1.26 bits per heavy atom. The quantitative estimate of drug-likeness (QED) is 0.302. The maximum absolute atomic E-state index is 13.5. The van der Waals surface area contributed by atoms with Crippen LogP contribution < -0.4 is 18.9 Å². The van der Waals surface area contributed by atoms with Crippen molar-refractivity contribution in [1.82, 2.24) is 0 Å². The third-order valence-electron chi connectivity index (χ3n) is 4.03. The number of carbonyl (C=O) groups excluding carboxylic acids is 3. The van der Waals surface area contributed by atoms with E-state index in [0.717, 1.165) is 0 Å². The van der Waals surface area contributed by atoms with Gasteiger partial charge in [0.05, 0.1) is 25.3 Å². The molecule has 0 aliphatic heterocycles. The predicted octanol–water partition coefficient (Wildman–Crippen LogP) is 5.56. The molecular weight excluding hydrogens is 444 g/mol. The monoisotopic (exact) mass is 474 g/mol. The van der Waals surface area contributed by atoms with Gasteiger partial charge in [-0.3, -0.25) is 4.79 Å². The van der Waals surface area contributed by atoms with Crippen molar-refractivity contribution in [2.45, 2.75) is 52.7 Å². The standard InChI is InChI=1S/C25H30O9/c1-24(2,3)33-22(27)31-19-13-15(29-7)9-11-17(19)21(26)18-12-10-16(30-8)14-20(18)32-23(28)34-25(4,5)6/h9-14H,1-8H3. The van der Waals surface area contributed by atoms with Crippen molar-refractivity contribution in [1.29, 1.82) is 0 Å². The number of ketones is 1. The van der Waals surface area contributed by atoms with Gasteiger partial charge in [-0.05, 0) is 65.8 Å². The molecule has 0 unspecified atom stereocenters. The Morgan fingerprint density at radius 2 is 0.971 bits per heavy atom. The van der Waals surface area contributed by atoms with Gasteiger partial charge in [-0.2, -0.15) is 0 Å². The molecule has 0 saturated heterocycles. The highest BCUT2D eigenvalue weighted by atomic mass is 16.7. The molecule has 0 fully saturated rings. The summed E-state index contributed by atoms with van der Waals surface area (Å²) in [7, 11) is 2.87. The van der Waals surface area contributed by atoms with E-state index in [1.807, 2.05) is 0 Å². The highest BCUT2D eigenvalue weighted by Gasteiger charge is 2.26. The lowest BCUT2D eigenvalue weighted by atomic mass is 10.0. The Balaban J connectivity index is 2.48. The number of rotatable bonds is 6. The number of benzene rings is 2. The van der Waals surface area contributed by atoms with Gasteiger partial charge in [0.1, 0.15) is 34.2 Å². The van der Waals surface area contributed by atoms with Crippen LogP contribution in [0.5, 0.6) is 23.0 Å². The summed E-state index contributed by atoms with van der Waals surface area (Å²) >= 11 is 0. The van der Waals surface area contributed by atoms with Gasteiger partial charge in [0.2, 0.25) is 5.78 Å². The summed E-state index contributed by atoms with van der Waals surface area (Å²) in [6, 6.07) is 8.70. The van der Waals surface area contributed by atoms with Crippen molar-refractivity contribution in [3.63, 3.8) is 0 Å². The van der Waals surface area contributed by atoms with Gasteiger partial charge in [0.25, 0.3) is 0 Å². The molecule has 0 aliphatic rings. The molecule has 2 aromatic carbocycles. The van der Waals surface area contributed by atoms with Crippen LogP contribution in [0.1, 0.15) is 57.5 Å². The lowest BCUT2D eigenvalue weighted by molar-refractivity contribution is 0.0193. The Labute approximate surface area is 198 Å². The van der Waals surface area contributed by atoms with Crippen LogP contribution in [0.2, 0.25) is 0 Å². The zero-order valence-corrected chi connectivity index (χ0v) is 20.6. The minimum atomic E-state index is -0.991. The zero-order valence-electron chi connectivity index (χ0n) is 20.6. The van der Waals surface area contributed by atoms with Crippen molar-refractivity contribution in [2.75, 3.05) is 14.2 Å².